The zero-order valence-electron chi connectivity index (χ0n) is 17.7. The highest BCUT2D eigenvalue weighted by atomic mass is 32.2. The minimum absolute atomic E-state index is 0.0489. The number of benzene rings is 2. The van der Waals surface area contributed by atoms with E-state index in [9.17, 15) is 23.3 Å². The number of hydrogen-bond donors (Lipinski definition) is 1. The average molecular weight is 447 g/mol. The number of rotatable bonds is 6. The summed E-state index contributed by atoms with van der Waals surface area (Å²) in [5.74, 6) is -0.250. The Bertz CT molecular complexity index is 1080. The van der Waals surface area contributed by atoms with Crippen LogP contribution in [0, 0.1) is 24.0 Å². The molecule has 0 saturated carbocycles. The molecular formula is C21H26N4O5S. The van der Waals surface area contributed by atoms with Crippen molar-refractivity contribution >= 4 is 27.3 Å². The number of amides is 1. The van der Waals surface area contributed by atoms with E-state index in [-0.39, 0.29) is 11.6 Å². The van der Waals surface area contributed by atoms with E-state index in [2.05, 4.69) is 5.32 Å². The van der Waals surface area contributed by atoms with Gasteiger partial charge in [0.2, 0.25) is 15.9 Å². The van der Waals surface area contributed by atoms with Crippen molar-refractivity contribution in [1.29, 1.82) is 0 Å². The van der Waals surface area contributed by atoms with Crippen molar-refractivity contribution in [2.45, 2.75) is 31.7 Å². The van der Waals surface area contributed by atoms with Crippen LogP contribution in [-0.2, 0) is 14.8 Å². The van der Waals surface area contributed by atoms with Gasteiger partial charge >= 0.3 is 0 Å². The number of hydrogen-bond acceptors (Lipinski definition) is 6. The molecule has 9 nitrogen and oxygen atoms in total. The van der Waals surface area contributed by atoms with Crippen LogP contribution in [0.4, 0.5) is 11.4 Å². The van der Waals surface area contributed by atoms with Gasteiger partial charge in [0.05, 0.1) is 15.9 Å². The summed E-state index contributed by atoms with van der Waals surface area (Å²) in [7, 11) is -3.59. The van der Waals surface area contributed by atoms with Crippen molar-refractivity contribution in [2.75, 3.05) is 31.5 Å². The lowest BCUT2D eigenvalue weighted by atomic mass is 10.2. The molecular weight excluding hydrogens is 420 g/mol. The largest absolute Gasteiger partial charge is 0.325 e. The van der Waals surface area contributed by atoms with E-state index in [4.69, 9.17) is 0 Å². The Kier molecular flexibility index (Phi) is 6.73. The second-order valence-electron chi connectivity index (χ2n) is 7.68. The maximum Gasteiger partial charge on any atom is 0.269 e. The first-order chi connectivity index (χ1) is 14.6. The fourth-order valence-electron chi connectivity index (χ4n) is 3.53. The van der Waals surface area contributed by atoms with E-state index in [0.717, 1.165) is 5.56 Å². The van der Waals surface area contributed by atoms with E-state index < -0.39 is 21.0 Å². The Morgan fingerprint density at radius 2 is 1.68 bits per heavy atom. The lowest BCUT2D eigenvalue weighted by Gasteiger charge is -2.37. The van der Waals surface area contributed by atoms with Crippen LogP contribution in [0.25, 0.3) is 0 Å². The molecule has 1 amide bonds. The number of nitrogens with zero attached hydrogens (tertiary/aromatic N) is 3. The van der Waals surface area contributed by atoms with Crippen LogP contribution in [0.5, 0.6) is 0 Å². The topological polar surface area (TPSA) is 113 Å². The summed E-state index contributed by atoms with van der Waals surface area (Å²) >= 11 is 0. The first-order valence-electron chi connectivity index (χ1n) is 9.96. The molecule has 1 atom stereocenters. The Balaban J connectivity index is 1.61. The molecule has 3 rings (SSSR count). The van der Waals surface area contributed by atoms with E-state index in [0.29, 0.717) is 42.3 Å². The normalized spacial score (nSPS) is 16.6. The number of nitro groups is 1. The number of anilines is 1. The molecule has 0 bridgehead atoms. The summed E-state index contributed by atoms with van der Waals surface area (Å²) in [5, 5.41) is 13.5. The number of nitro benzene ring substituents is 1. The molecule has 1 unspecified atom stereocenters. The van der Waals surface area contributed by atoms with Gasteiger partial charge < -0.3 is 5.32 Å². The summed E-state index contributed by atoms with van der Waals surface area (Å²) in [6.45, 7) is 6.86. The first kappa shape index (κ1) is 22.9. The van der Waals surface area contributed by atoms with Crippen molar-refractivity contribution < 1.29 is 18.1 Å². The van der Waals surface area contributed by atoms with Crippen LogP contribution in [0.15, 0.2) is 47.4 Å². The Hall–Kier alpha value is -2.82. The van der Waals surface area contributed by atoms with Gasteiger partial charge in [0.25, 0.3) is 5.69 Å². The van der Waals surface area contributed by atoms with Crippen LogP contribution >= 0.6 is 0 Å². The molecule has 2 aromatic rings. The van der Waals surface area contributed by atoms with Crippen molar-refractivity contribution in [3.05, 3.63) is 63.7 Å². The highest BCUT2D eigenvalue weighted by molar-refractivity contribution is 7.89. The van der Waals surface area contributed by atoms with Gasteiger partial charge in [-0.15, -0.1) is 0 Å². The molecule has 2 aromatic carbocycles. The molecule has 1 heterocycles. The summed E-state index contributed by atoms with van der Waals surface area (Å²) in [4.78, 5) is 25.1. The zero-order chi connectivity index (χ0) is 22.8. The molecule has 1 aliphatic heterocycles. The number of piperazine rings is 1. The van der Waals surface area contributed by atoms with Crippen molar-refractivity contribution in [2.24, 2.45) is 0 Å². The molecule has 0 radical (unpaired) electrons. The molecule has 1 aliphatic rings. The minimum atomic E-state index is -3.59. The Labute approximate surface area is 181 Å². The lowest BCUT2D eigenvalue weighted by molar-refractivity contribution is -0.384. The SMILES string of the molecule is Cc1ccc(C)c(S(=O)(=O)N2CCN(C(C)C(=O)Nc3ccc([N+](=O)[O-])cc3)CC2)c1. The molecule has 31 heavy (non-hydrogen) atoms. The molecule has 0 aliphatic carbocycles. The van der Waals surface area contributed by atoms with Gasteiger partial charge in [-0.1, -0.05) is 12.1 Å². The number of carbonyl (C=O) groups excluding carboxylic acids is 1. The van der Waals surface area contributed by atoms with Gasteiger partial charge in [0.15, 0.2) is 0 Å². The number of carbonyl (C=O) groups is 1. The molecule has 1 N–H and O–H groups in total. The van der Waals surface area contributed by atoms with Crippen molar-refractivity contribution in [3.63, 3.8) is 0 Å². The van der Waals surface area contributed by atoms with E-state index >= 15 is 0 Å². The fraction of sp³-hybridized carbons (Fsp3) is 0.381. The van der Waals surface area contributed by atoms with Crippen molar-refractivity contribution in [3.8, 4) is 0 Å². The minimum Gasteiger partial charge on any atom is -0.325 e. The third-order valence-electron chi connectivity index (χ3n) is 5.51. The molecule has 1 saturated heterocycles. The van der Waals surface area contributed by atoms with Gasteiger partial charge in [-0.2, -0.15) is 4.31 Å². The van der Waals surface area contributed by atoms with Crippen LogP contribution in [-0.4, -0.2) is 60.7 Å². The van der Waals surface area contributed by atoms with Crippen LogP contribution < -0.4 is 5.32 Å². The number of nitrogens with one attached hydrogen (secondary N) is 1. The van der Waals surface area contributed by atoms with Gasteiger partial charge in [0, 0.05) is 44.0 Å². The third-order valence-corrected chi connectivity index (χ3v) is 7.55. The summed E-state index contributed by atoms with van der Waals surface area (Å²) in [5.41, 5.74) is 2.02. The monoisotopic (exact) mass is 446 g/mol. The second kappa shape index (κ2) is 9.13. The first-order valence-corrected chi connectivity index (χ1v) is 11.4. The predicted molar refractivity (Wildman–Crippen MR) is 117 cm³/mol. The molecule has 1 fully saturated rings. The maximum atomic E-state index is 13.1. The highest BCUT2D eigenvalue weighted by Gasteiger charge is 2.32. The quantitative estimate of drug-likeness (QED) is 0.539. The summed E-state index contributed by atoms with van der Waals surface area (Å²) in [6, 6.07) is 10.5. The average Bonchev–Trinajstić information content (AvgIpc) is 2.75. The lowest BCUT2D eigenvalue weighted by Crippen LogP contribution is -2.54. The van der Waals surface area contributed by atoms with Gasteiger partial charge in [-0.3, -0.25) is 19.8 Å². The predicted octanol–water partition coefficient (Wildman–Crippen LogP) is 2.55. The summed E-state index contributed by atoms with van der Waals surface area (Å²) in [6.07, 6.45) is 0. The fourth-order valence-corrected chi connectivity index (χ4v) is 5.27. The number of sulfonamides is 1. The van der Waals surface area contributed by atoms with Crippen molar-refractivity contribution in [1.82, 2.24) is 9.21 Å². The third kappa shape index (κ3) is 5.09. The van der Waals surface area contributed by atoms with Gasteiger partial charge in [-0.25, -0.2) is 8.42 Å². The van der Waals surface area contributed by atoms with Gasteiger partial charge in [0.1, 0.15) is 0 Å². The van der Waals surface area contributed by atoms with Crippen LogP contribution in [0.1, 0.15) is 18.1 Å². The second-order valence-corrected chi connectivity index (χ2v) is 9.58. The molecule has 10 heteroatoms. The molecule has 0 aromatic heterocycles. The maximum absolute atomic E-state index is 13.1. The van der Waals surface area contributed by atoms with E-state index in [1.165, 1.54) is 28.6 Å². The van der Waals surface area contributed by atoms with E-state index in [1.54, 1.807) is 19.9 Å². The highest BCUT2D eigenvalue weighted by Crippen LogP contribution is 2.23. The Morgan fingerprint density at radius 3 is 2.26 bits per heavy atom. The smallest absolute Gasteiger partial charge is 0.269 e. The number of non-ortho nitro benzene ring substituents is 1. The van der Waals surface area contributed by atoms with E-state index in [1.807, 2.05) is 24.0 Å². The molecule has 166 valence electrons. The summed E-state index contributed by atoms with van der Waals surface area (Å²) < 4.78 is 27.6. The van der Waals surface area contributed by atoms with Crippen LogP contribution in [0.2, 0.25) is 0 Å². The Morgan fingerprint density at radius 1 is 1.06 bits per heavy atom. The van der Waals surface area contributed by atoms with Gasteiger partial charge in [-0.05, 0) is 50.1 Å². The molecule has 0 spiro atoms. The standard InChI is InChI=1S/C21H26N4O5S/c1-15-4-5-16(2)20(14-15)31(29,30)24-12-10-23(11-13-24)17(3)21(26)22-18-6-8-19(9-7-18)25(27)28/h4-9,14,17H,10-13H2,1-3H3,(H,22,26). The zero-order valence-corrected chi connectivity index (χ0v) is 18.6. The van der Waals surface area contributed by atoms with Crippen LogP contribution in [0.3, 0.4) is 0 Å². The number of aryl methyl sites for hydroxylation is 2.